The van der Waals surface area contributed by atoms with Gasteiger partial charge < -0.3 is 5.73 Å². The maximum Gasteiger partial charge on any atom is 0.237 e. The van der Waals surface area contributed by atoms with Gasteiger partial charge in [-0.05, 0) is 11.6 Å². The number of hydrogen-bond donors (Lipinski definition) is 2. The molecule has 0 atom stereocenters. The first-order valence-electron chi connectivity index (χ1n) is 5.77. The molecule has 0 aliphatic heterocycles. The van der Waals surface area contributed by atoms with Crippen molar-refractivity contribution in [3.63, 3.8) is 0 Å². The van der Waals surface area contributed by atoms with E-state index in [1.807, 2.05) is 0 Å². The number of anilines is 2. The van der Waals surface area contributed by atoms with E-state index in [-0.39, 0.29) is 5.69 Å². The highest BCUT2D eigenvalue weighted by Crippen LogP contribution is 2.22. The lowest BCUT2D eigenvalue weighted by Gasteiger charge is -2.10. The number of benzene rings is 2. The van der Waals surface area contributed by atoms with Crippen molar-refractivity contribution in [3.8, 4) is 0 Å². The highest BCUT2D eigenvalue weighted by atomic mass is 32.2. The van der Waals surface area contributed by atoms with Gasteiger partial charge >= 0.3 is 0 Å². The Balaban J connectivity index is 2.29. The lowest BCUT2D eigenvalue weighted by atomic mass is 10.2. The zero-order valence-electron chi connectivity index (χ0n) is 10.6. The fraction of sp³-hybridized carbons (Fsp3) is 0.0769. The van der Waals surface area contributed by atoms with Crippen LogP contribution < -0.4 is 10.5 Å². The summed E-state index contributed by atoms with van der Waals surface area (Å²) in [6.45, 7) is 0. The molecule has 2 aromatic rings. The monoisotopic (exact) mass is 316 g/mol. The van der Waals surface area contributed by atoms with Crippen molar-refractivity contribution in [2.45, 2.75) is 5.75 Å². The normalized spacial score (nSPS) is 11.4. The number of sulfonamides is 1. The maximum absolute atomic E-state index is 13.4. The summed E-state index contributed by atoms with van der Waals surface area (Å²) in [5.74, 6) is -4.59. The summed E-state index contributed by atoms with van der Waals surface area (Å²) in [4.78, 5) is 0. The van der Waals surface area contributed by atoms with E-state index in [1.54, 1.807) is 16.9 Å². The Kier molecular flexibility index (Phi) is 4.08. The average molecular weight is 316 g/mol. The van der Waals surface area contributed by atoms with Gasteiger partial charge in [0.2, 0.25) is 10.0 Å². The predicted molar refractivity (Wildman–Crippen MR) is 73.4 cm³/mol. The molecule has 4 nitrogen and oxygen atoms in total. The Morgan fingerprint density at radius 2 is 1.76 bits per heavy atom. The second kappa shape index (κ2) is 5.65. The van der Waals surface area contributed by atoms with Crippen LogP contribution in [0.2, 0.25) is 0 Å². The van der Waals surface area contributed by atoms with Crippen LogP contribution >= 0.6 is 0 Å². The number of nitrogens with two attached hydrogens (primary N) is 1. The quantitative estimate of drug-likeness (QED) is 0.673. The third kappa shape index (κ3) is 3.66. The summed E-state index contributed by atoms with van der Waals surface area (Å²) in [6, 6.07) is 7.08. The van der Waals surface area contributed by atoms with Crippen LogP contribution in [0.25, 0.3) is 0 Å². The van der Waals surface area contributed by atoms with Crippen molar-refractivity contribution in [3.05, 3.63) is 59.4 Å². The second-order valence-electron chi connectivity index (χ2n) is 4.31. The largest absolute Gasteiger partial charge is 0.398 e. The second-order valence-corrected chi connectivity index (χ2v) is 6.03. The Morgan fingerprint density at radius 1 is 1.10 bits per heavy atom. The molecule has 8 heteroatoms. The van der Waals surface area contributed by atoms with Crippen LogP contribution in [-0.4, -0.2) is 8.42 Å². The SMILES string of the molecule is Nc1ccccc1CS(=O)(=O)Nc1cc(F)cc(F)c1F. The van der Waals surface area contributed by atoms with E-state index in [9.17, 15) is 21.6 Å². The summed E-state index contributed by atoms with van der Waals surface area (Å²) in [6.07, 6.45) is 0. The molecule has 0 spiro atoms. The van der Waals surface area contributed by atoms with Crippen LogP contribution in [0.15, 0.2) is 36.4 Å². The summed E-state index contributed by atoms with van der Waals surface area (Å²) in [5.41, 5.74) is 5.36. The van der Waals surface area contributed by atoms with E-state index >= 15 is 0 Å². The molecule has 0 unspecified atom stereocenters. The van der Waals surface area contributed by atoms with Crippen LogP contribution in [0.1, 0.15) is 5.56 Å². The zero-order valence-corrected chi connectivity index (χ0v) is 11.4. The van der Waals surface area contributed by atoms with Crippen LogP contribution in [0.5, 0.6) is 0 Å². The van der Waals surface area contributed by atoms with Gasteiger partial charge in [-0.2, -0.15) is 0 Å². The first-order chi connectivity index (χ1) is 9.78. The van der Waals surface area contributed by atoms with Crippen molar-refractivity contribution in [1.82, 2.24) is 0 Å². The molecule has 2 rings (SSSR count). The summed E-state index contributed by atoms with van der Waals surface area (Å²) in [7, 11) is -4.07. The molecule has 0 saturated heterocycles. The van der Waals surface area contributed by atoms with E-state index in [0.717, 1.165) is 0 Å². The fourth-order valence-corrected chi connectivity index (χ4v) is 2.93. The summed E-state index contributed by atoms with van der Waals surface area (Å²) < 4.78 is 65.1. The minimum Gasteiger partial charge on any atom is -0.398 e. The molecule has 2 aromatic carbocycles. The topological polar surface area (TPSA) is 72.2 Å². The minimum atomic E-state index is -4.07. The smallest absolute Gasteiger partial charge is 0.237 e. The van der Waals surface area contributed by atoms with E-state index in [0.29, 0.717) is 17.7 Å². The molecule has 0 aliphatic carbocycles. The van der Waals surface area contributed by atoms with Gasteiger partial charge in [-0.3, -0.25) is 4.72 Å². The lowest BCUT2D eigenvalue weighted by molar-refractivity contribution is 0.498. The van der Waals surface area contributed by atoms with Gasteiger partial charge in [0, 0.05) is 17.8 Å². The Hall–Kier alpha value is -2.22. The third-order valence-corrected chi connectivity index (χ3v) is 3.88. The number of nitrogen functional groups attached to an aromatic ring is 1. The number of rotatable bonds is 4. The van der Waals surface area contributed by atoms with Crippen LogP contribution in [-0.2, 0) is 15.8 Å². The molecule has 0 radical (unpaired) electrons. The molecule has 112 valence electrons. The van der Waals surface area contributed by atoms with E-state index in [4.69, 9.17) is 5.73 Å². The summed E-state index contributed by atoms with van der Waals surface area (Å²) in [5, 5.41) is 0. The zero-order chi connectivity index (χ0) is 15.6. The standard InChI is InChI=1S/C13H11F3N2O2S/c14-9-5-10(15)13(16)12(6-9)18-21(19,20)7-8-3-1-2-4-11(8)17/h1-6,18H,7,17H2. The van der Waals surface area contributed by atoms with Gasteiger partial charge in [0.05, 0.1) is 11.4 Å². The van der Waals surface area contributed by atoms with Crippen LogP contribution in [0.4, 0.5) is 24.5 Å². The Morgan fingerprint density at radius 3 is 2.43 bits per heavy atom. The van der Waals surface area contributed by atoms with E-state index < -0.39 is 38.9 Å². The molecule has 0 amide bonds. The molecular formula is C13H11F3N2O2S. The molecule has 21 heavy (non-hydrogen) atoms. The molecular weight excluding hydrogens is 305 g/mol. The molecule has 0 aromatic heterocycles. The first kappa shape index (κ1) is 15.2. The molecule has 0 heterocycles. The molecule has 3 N–H and O–H groups in total. The summed E-state index contributed by atoms with van der Waals surface area (Å²) >= 11 is 0. The van der Waals surface area contributed by atoms with Crippen molar-refractivity contribution >= 4 is 21.4 Å². The van der Waals surface area contributed by atoms with E-state index in [1.165, 1.54) is 12.1 Å². The van der Waals surface area contributed by atoms with Crippen molar-refractivity contribution < 1.29 is 21.6 Å². The van der Waals surface area contributed by atoms with Crippen molar-refractivity contribution in [2.24, 2.45) is 0 Å². The lowest BCUT2D eigenvalue weighted by Crippen LogP contribution is -2.17. The highest BCUT2D eigenvalue weighted by molar-refractivity contribution is 7.91. The van der Waals surface area contributed by atoms with Gasteiger partial charge in [0.25, 0.3) is 0 Å². The Labute approximate surface area is 119 Å². The number of hydrogen-bond acceptors (Lipinski definition) is 3. The molecule has 0 bridgehead atoms. The average Bonchev–Trinajstić information content (AvgIpc) is 2.37. The number of para-hydroxylation sites is 1. The number of nitrogens with one attached hydrogen (secondary N) is 1. The maximum atomic E-state index is 13.4. The first-order valence-corrected chi connectivity index (χ1v) is 7.42. The third-order valence-electron chi connectivity index (χ3n) is 2.66. The van der Waals surface area contributed by atoms with Gasteiger partial charge in [0.15, 0.2) is 11.6 Å². The van der Waals surface area contributed by atoms with Gasteiger partial charge in [-0.15, -0.1) is 0 Å². The van der Waals surface area contributed by atoms with Gasteiger partial charge in [0.1, 0.15) is 5.82 Å². The number of halogens is 3. The fourth-order valence-electron chi connectivity index (χ4n) is 1.70. The highest BCUT2D eigenvalue weighted by Gasteiger charge is 2.18. The van der Waals surface area contributed by atoms with Crippen LogP contribution in [0, 0.1) is 17.5 Å². The van der Waals surface area contributed by atoms with E-state index in [2.05, 4.69) is 0 Å². The van der Waals surface area contributed by atoms with Crippen molar-refractivity contribution in [2.75, 3.05) is 10.5 Å². The van der Waals surface area contributed by atoms with Crippen LogP contribution in [0.3, 0.4) is 0 Å². The predicted octanol–water partition coefficient (Wildman–Crippen LogP) is 2.63. The molecule has 0 aliphatic rings. The molecule has 0 saturated carbocycles. The minimum absolute atomic E-state index is 0.244. The van der Waals surface area contributed by atoms with Crippen molar-refractivity contribution in [1.29, 1.82) is 0 Å². The van der Waals surface area contributed by atoms with Gasteiger partial charge in [-0.1, -0.05) is 18.2 Å². The molecule has 0 fully saturated rings. The van der Waals surface area contributed by atoms with Gasteiger partial charge in [-0.25, -0.2) is 21.6 Å². The Bertz CT molecular complexity index is 779.